The number of ether oxygens (including phenoxy) is 2. The number of nitrogens with one attached hydrogen (secondary N) is 1. The van der Waals surface area contributed by atoms with Gasteiger partial charge in [-0.15, -0.1) is 0 Å². The summed E-state index contributed by atoms with van der Waals surface area (Å²) in [6.07, 6.45) is 1.81. The van der Waals surface area contributed by atoms with E-state index in [2.05, 4.69) is 48.2 Å². The van der Waals surface area contributed by atoms with E-state index < -0.39 is 0 Å². The van der Waals surface area contributed by atoms with Crippen molar-refractivity contribution in [1.82, 2.24) is 14.9 Å². The number of H-pyrrole nitrogens is 1. The van der Waals surface area contributed by atoms with Crippen molar-refractivity contribution in [2.75, 3.05) is 7.11 Å². The van der Waals surface area contributed by atoms with Gasteiger partial charge in [0.2, 0.25) is 4.77 Å². The predicted molar refractivity (Wildman–Crippen MR) is 108 cm³/mol. The molecule has 0 amide bonds. The van der Waals surface area contributed by atoms with Gasteiger partial charge < -0.3 is 9.47 Å². The third kappa shape index (κ3) is 4.43. The van der Waals surface area contributed by atoms with Crippen LogP contribution in [0.2, 0.25) is 0 Å². The molecule has 1 heterocycles. The fraction of sp³-hybridized carbons (Fsp3) is 0.250. The smallest absolute Gasteiger partial charge is 0.216 e. The van der Waals surface area contributed by atoms with Crippen LogP contribution in [0.15, 0.2) is 41.5 Å². The van der Waals surface area contributed by atoms with Crippen molar-refractivity contribution in [3.8, 4) is 11.5 Å². The number of hydrogen-bond donors (Lipinski definition) is 1. The van der Waals surface area contributed by atoms with Crippen molar-refractivity contribution >= 4 is 18.4 Å². The molecule has 3 aromatic rings. The molecule has 7 heteroatoms. The van der Waals surface area contributed by atoms with E-state index in [0.717, 1.165) is 11.3 Å². The van der Waals surface area contributed by atoms with Crippen molar-refractivity contribution in [2.24, 2.45) is 5.10 Å². The average molecular weight is 382 g/mol. The van der Waals surface area contributed by atoms with Crippen LogP contribution in [0.4, 0.5) is 0 Å². The number of aryl methyl sites for hydroxylation is 3. The quantitative estimate of drug-likeness (QED) is 0.509. The standard InChI is InChI=1S/C20H22N4O2S/c1-13-8-14(2)18(15(3)9-13)11-21-24-19(22-23-20(24)27)12-26-17-7-5-6-16(10-17)25-4/h5-11H,12H2,1-4H3,(H,23,27). The highest BCUT2D eigenvalue weighted by Gasteiger charge is 2.08. The summed E-state index contributed by atoms with van der Waals surface area (Å²) in [6.45, 7) is 6.45. The number of aromatic nitrogens is 3. The third-order valence-corrected chi connectivity index (χ3v) is 4.43. The van der Waals surface area contributed by atoms with Crippen molar-refractivity contribution in [3.63, 3.8) is 0 Å². The third-order valence-electron chi connectivity index (χ3n) is 4.17. The molecule has 0 aliphatic heterocycles. The van der Waals surface area contributed by atoms with E-state index in [1.807, 2.05) is 30.5 Å². The Balaban J connectivity index is 1.82. The Labute approximate surface area is 163 Å². The van der Waals surface area contributed by atoms with E-state index in [9.17, 15) is 0 Å². The number of nitrogens with zero attached hydrogens (tertiary/aromatic N) is 3. The molecule has 27 heavy (non-hydrogen) atoms. The molecule has 0 saturated heterocycles. The van der Waals surface area contributed by atoms with Crippen molar-refractivity contribution in [2.45, 2.75) is 27.4 Å². The fourth-order valence-corrected chi connectivity index (χ4v) is 3.08. The van der Waals surface area contributed by atoms with Crippen LogP contribution in [0, 0.1) is 25.5 Å². The fourth-order valence-electron chi connectivity index (χ4n) is 2.89. The first-order chi connectivity index (χ1) is 13.0. The van der Waals surface area contributed by atoms with Gasteiger partial charge in [0.25, 0.3) is 0 Å². The number of aromatic amines is 1. The summed E-state index contributed by atoms with van der Waals surface area (Å²) in [5, 5.41) is 11.5. The first kappa shape index (κ1) is 18.8. The zero-order valence-corrected chi connectivity index (χ0v) is 16.6. The molecule has 0 fully saturated rings. The predicted octanol–water partition coefficient (Wildman–Crippen LogP) is 4.34. The van der Waals surface area contributed by atoms with Crippen LogP contribution in [-0.4, -0.2) is 28.2 Å². The van der Waals surface area contributed by atoms with Crippen LogP contribution in [0.25, 0.3) is 0 Å². The topological polar surface area (TPSA) is 64.4 Å². The summed E-state index contributed by atoms with van der Waals surface area (Å²) in [5.74, 6) is 2.00. The normalized spacial score (nSPS) is 11.1. The molecule has 6 nitrogen and oxygen atoms in total. The van der Waals surface area contributed by atoms with Gasteiger partial charge in [0.05, 0.1) is 13.3 Å². The molecular weight excluding hydrogens is 360 g/mol. The molecule has 0 spiro atoms. The molecule has 0 radical (unpaired) electrons. The lowest BCUT2D eigenvalue weighted by Crippen LogP contribution is -2.05. The lowest BCUT2D eigenvalue weighted by atomic mass is 10.0. The minimum atomic E-state index is 0.226. The molecule has 1 aromatic heterocycles. The zero-order chi connectivity index (χ0) is 19.4. The highest BCUT2D eigenvalue weighted by atomic mass is 32.1. The Morgan fingerprint density at radius 3 is 2.56 bits per heavy atom. The van der Waals surface area contributed by atoms with Crippen LogP contribution in [0.5, 0.6) is 11.5 Å². The van der Waals surface area contributed by atoms with Crippen LogP contribution < -0.4 is 9.47 Å². The Kier molecular flexibility index (Phi) is 5.71. The molecule has 2 aromatic carbocycles. The molecule has 0 bridgehead atoms. The van der Waals surface area contributed by atoms with Gasteiger partial charge in [-0.1, -0.05) is 23.8 Å². The Morgan fingerprint density at radius 2 is 1.85 bits per heavy atom. The van der Waals surface area contributed by atoms with Crippen LogP contribution >= 0.6 is 12.2 Å². The molecule has 0 saturated carbocycles. The molecule has 0 atom stereocenters. The summed E-state index contributed by atoms with van der Waals surface area (Å²) in [7, 11) is 1.62. The van der Waals surface area contributed by atoms with Crippen molar-refractivity contribution < 1.29 is 9.47 Å². The molecule has 0 aliphatic carbocycles. The monoisotopic (exact) mass is 382 g/mol. The van der Waals surface area contributed by atoms with Gasteiger partial charge in [-0.25, -0.2) is 5.10 Å². The molecule has 1 N–H and O–H groups in total. The minimum Gasteiger partial charge on any atom is -0.497 e. The molecule has 0 aliphatic rings. The largest absolute Gasteiger partial charge is 0.497 e. The Morgan fingerprint density at radius 1 is 1.15 bits per heavy atom. The minimum absolute atomic E-state index is 0.226. The number of methoxy groups -OCH3 is 1. The van der Waals surface area contributed by atoms with Gasteiger partial charge in [0, 0.05) is 11.6 Å². The van der Waals surface area contributed by atoms with E-state index in [4.69, 9.17) is 21.7 Å². The molecule has 0 unspecified atom stereocenters. The van der Waals surface area contributed by atoms with Gasteiger partial charge in [-0.3, -0.25) is 0 Å². The second kappa shape index (κ2) is 8.18. The summed E-state index contributed by atoms with van der Waals surface area (Å²) < 4.78 is 13.0. The van der Waals surface area contributed by atoms with Crippen molar-refractivity contribution in [3.05, 3.63) is 69.2 Å². The van der Waals surface area contributed by atoms with E-state index in [1.54, 1.807) is 11.8 Å². The molecule has 140 valence electrons. The van der Waals surface area contributed by atoms with Crippen LogP contribution in [0.1, 0.15) is 28.1 Å². The van der Waals surface area contributed by atoms with E-state index in [-0.39, 0.29) is 6.61 Å². The van der Waals surface area contributed by atoms with Gasteiger partial charge in [0.1, 0.15) is 18.1 Å². The zero-order valence-electron chi connectivity index (χ0n) is 15.8. The SMILES string of the molecule is COc1cccc(OCc2n[nH]c(=S)n2N=Cc2c(C)cc(C)cc2C)c1. The van der Waals surface area contributed by atoms with Gasteiger partial charge in [-0.2, -0.15) is 14.9 Å². The number of benzene rings is 2. The summed E-state index contributed by atoms with van der Waals surface area (Å²) in [5.41, 5.74) is 4.64. The second-order valence-electron chi connectivity index (χ2n) is 6.28. The van der Waals surface area contributed by atoms with Gasteiger partial charge >= 0.3 is 0 Å². The molecule has 3 rings (SSSR count). The van der Waals surface area contributed by atoms with Gasteiger partial charge in [0.15, 0.2) is 5.82 Å². The van der Waals surface area contributed by atoms with E-state index in [1.165, 1.54) is 16.7 Å². The second-order valence-corrected chi connectivity index (χ2v) is 6.67. The maximum atomic E-state index is 5.80. The lowest BCUT2D eigenvalue weighted by Gasteiger charge is -2.08. The average Bonchev–Trinajstić information content (AvgIpc) is 2.99. The van der Waals surface area contributed by atoms with Gasteiger partial charge in [-0.05, 0) is 56.2 Å². The summed E-state index contributed by atoms with van der Waals surface area (Å²) in [6, 6.07) is 11.7. The van der Waals surface area contributed by atoms with Crippen LogP contribution in [-0.2, 0) is 6.61 Å². The number of rotatable bonds is 6. The van der Waals surface area contributed by atoms with E-state index in [0.29, 0.717) is 16.3 Å². The Bertz CT molecular complexity index is 1010. The molecular formula is C20H22N4O2S. The van der Waals surface area contributed by atoms with Crippen molar-refractivity contribution in [1.29, 1.82) is 0 Å². The lowest BCUT2D eigenvalue weighted by molar-refractivity contribution is 0.288. The van der Waals surface area contributed by atoms with E-state index >= 15 is 0 Å². The van der Waals surface area contributed by atoms with Crippen LogP contribution in [0.3, 0.4) is 0 Å². The summed E-state index contributed by atoms with van der Waals surface area (Å²) >= 11 is 5.30. The Hall–Kier alpha value is -2.93. The number of hydrogen-bond acceptors (Lipinski definition) is 5. The first-order valence-electron chi connectivity index (χ1n) is 8.53. The summed E-state index contributed by atoms with van der Waals surface area (Å²) in [4.78, 5) is 0. The highest BCUT2D eigenvalue weighted by Crippen LogP contribution is 2.20. The maximum Gasteiger partial charge on any atom is 0.216 e. The first-order valence-corrected chi connectivity index (χ1v) is 8.94. The highest BCUT2D eigenvalue weighted by molar-refractivity contribution is 7.71. The maximum absolute atomic E-state index is 5.80.